The first-order chi connectivity index (χ1) is 16.3. The van der Waals surface area contributed by atoms with E-state index in [0.717, 1.165) is 24.8 Å². The number of rotatable bonds is 1. The summed E-state index contributed by atoms with van der Waals surface area (Å²) in [6.45, 7) is 9.76. The maximum Gasteiger partial charge on any atom is 0.187 e. The number of ketones is 1. The van der Waals surface area contributed by atoms with E-state index in [0.29, 0.717) is 6.42 Å². The van der Waals surface area contributed by atoms with E-state index in [1.807, 2.05) is 40.7 Å². The summed E-state index contributed by atoms with van der Waals surface area (Å²) in [5.74, 6) is -1.72. The van der Waals surface area contributed by atoms with Crippen molar-refractivity contribution >= 4 is 5.78 Å². The summed E-state index contributed by atoms with van der Waals surface area (Å²) in [5, 5.41) is 35.5. The Balaban J connectivity index is 1.33. The molecule has 2 saturated carbocycles. The molecule has 3 heterocycles. The van der Waals surface area contributed by atoms with Gasteiger partial charge in [0.1, 0.15) is 17.3 Å². The molecule has 0 bridgehead atoms. The van der Waals surface area contributed by atoms with Crippen LogP contribution in [0.2, 0.25) is 0 Å². The largest absolute Gasteiger partial charge is 0.389 e. The van der Waals surface area contributed by atoms with Gasteiger partial charge in [0.25, 0.3) is 0 Å². The molecule has 0 amide bonds. The highest BCUT2D eigenvalue weighted by Gasteiger charge is 2.83. The number of hydrogen-bond acceptors (Lipinski definition) is 7. The predicted molar refractivity (Wildman–Crippen MR) is 125 cm³/mol. The number of aliphatic hydroxyl groups excluding tert-OH is 1. The maximum absolute atomic E-state index is 13.3. The van der Waals surface area contributed by atoms with Gasteiger partial charge in [0.2, 0.25) is 0 Å². The Morgan fingerprint density at radius 3 is 2.49 bits per heavy atom. The number of carbonyl (C=O) groups is 1. The van der Waals surface area contributed by atoms with E-state index in [2.05, 4.69) is 6.08 Å². The van der Waals surface area contributed by atoms with Crippen LogP contribution in [0.4, 0.5) is 0 Å². The summed E-state index contributed by atoms with van der Waals surface area (Å²) in [5.41, 5.74) is -3.14. The van der Waals surface area contributed by atoms with E-state index in [4.69, 9.17) is 14.2 Å². The lowest BCUT2D eigenvalue weighted by Crippen LogP contribution is -2.76. The summed E-state index contributed by atoms with van der Waals surface area (Å²) in [6, 6.07) is 0. The second-order valence-corrected chi connectivity index (χ2v) is 13.3. The molecule has 3 saturated heterocycles. The van der Waals surface area contributed by atoms with Gasteiger partial charge in [0, 0.05) is 12.3 Å². The summed E-state index contributed by atoms with van der Waals surface area (Å²) in [7, 11) is 0. The smallest absolute Gasteiger partial charge is 0.187 e. The van der Waals surface area contributed by atoms with Gasteiger partial charge >= 0.3 is 0 Å². The highest BCUT2D eigenvalue weighted by Crippen LogP contribution is 2.74. The van der Waals surface area contributed by atoms with Gasteiger partial charge < -0.3 is 29.5 Å². The molecule has 0 radical (unpaired) electrons. The van der Waals surface area contributed by atoms with E-state index >= 15 is 0 Å². The maximum atomic E-state index is 13.3. The molecule has 4 aliphatic carbocycles. The molecule has 192 valence electrons. The van der Waals surface area contributed by atoms with Crippen molar-refractivity contribution in [2.75, 3.05) is 0 Å². The molecule has 13 atom stereocenters. The first-order valence-corrected chi connectivity index (χ1v) is 13.3. The van der Waals surface area contributed by atoms with Gasteiger partial charge in [-0.1, -0.05) is 31.6 Å². The topological polar surface area (TPSA) is 109 Å². The third kappa shape index (κ3) is 2.22. The van der Waals surface area contributed by atoms with Gasteiger partial charge in [0.05, 0.1) is 22.5 Å². The fourth-order valence-electron chi connectivity index (χ4n) is 9.88. The highest BCUT2D eigenvalue weighted by atomic mass is 16.8. The van der Waals surface area contributed by atoms with Crippen molar-refractivity contribution < 1.29 is 34.3 Å². The van der Waals surface area contributed by atoms with Crippen molar-refractivity contribution in [3.63, 3.8) is 0 Å². The van der Waals surface area contributed by atoms with Crippen LogP contribution in [0.1, 0.15) is 66.7 Å². The second-order valence-electron chi connectivity index (χ2n) is 13.3. The number of epoxide rings is 1. The van der Waals surface area contributed by atoms with E-state index in [1.165, 1.54) is 0 Å². The minimum Gasteiger partial charge on any atom is -0.389 e. The van der Waals surface area contributed by atoms with Gasteiger partial charge in [-0.05, 0) is 70.3 Å². The van der Waals surface area contributed by atoms with Gasteiger partial charge in [0.15, 0.2) is 17.9 Å². The molecular formula is C28H38O7. The van der Waals surface area contributed by atoms with Crippen molar-refractivity contribution in [1.29, 1.82) is 0 Å². The molecule has 0 aromatic carbocycles. The fourth-order valence-corrected chi connectivity index (χ4v) is 9.88. The SMILES string of the molecule is C[C@@H]1[C@@H]([C@@H]2O[C@H](O)[C@]3(C)O[C@]23C)O[C@@]2(O)C[C@H]3[C@@H](CC=C4CC=CC(=O)[C@@]43C)[C@@H]3CC[C@]1(O)[C@]32C. The molecular weight excluding hydrogens is 448 g/mol. The lowest BCUT2D eigenvalue weighted by Gasteiger charge is -2.67. The van der Waals surface area contributed by atoms with Gasteiger partial charge in [-0.15, -0.1) is 0 Å². The van der Waals surface area contributed by atoms with E-state index < -0.39 is 51.9 Å². The predicted octanol–water partition coefficient (Wildman–Crippen LogP) is 2.62. The fraction of sp³-hybridized carbons (Fsp3) is 0.821. The summed E-state index contributed by atoms with van der Waals surface area (Å²) in [6.07, 6.45) is 6.78. The minimum absolute atomic E-state index is 0.0288. The van der Waals surface area contributed by atoms with Crippen LogP contribution in [0, 0.1) is 34.5 Å². The number of allylic oxidation sites excluding steroid dienone is 4. The van der Waals surface area contributed by atoms with Crippen molar-refractivity contribution in [1.82, 2.24) is 0 Å². The Labute approximate surface area is 206 Å². The van der Waals surface area contributed by atoms with Crippen molar-refractivity contribution in [2.45, 2.75) is 108 Å². The summed E-state index contributed by atoms with van der Waals surface area (Å²) >= 11 is 0. The van der Waals surface area contributed by atoms with E-state index in [1.54, 1.807) is 6.08 Å². The number of fused-ring (bicyclic) bond motifs is 5. The zero-order chi connectivity index (χ0) is 25.0. The first-order valence-electron chi connectivity index (χ1n) is 13.3. The average molecular weight is 487 g/mol. The second kappa shape index (κ2) is 6.30. The Kier molecular flexibility index (Phi) is 4.15. The third-order valence-electron chi connectivity index (χ3n) is 12.5. The van der Waals surface area contributed by atoms with Crippen molar-refractivity contribution in [2.24, 2.45) is 34.5 Å². The van der Waals surface area contributed by atoms with Crippen LogP contribution >= 0.6 is 0 Å². The molecule has 3 N–H and O–H groups in total. The van der Waals surface area contributed by atoms with E-state index in [9.17, 15) is 20.1 Å². The summed E-state index contributed by atoms with van der Waals surface area (Å²) < 4.78 is 18.7. The van der Waals surface area contributed by atoms with Crippen molar-refractivity contribution in [3.05, 3.63) is 23.8 Å². The van der Waals surface area contributed by atoms with Crippen LogP contribution in [-0.2, 0) is 19.0 Å². The molecule has 0 spiro atoms. The molecule has 7 rings (SSSR count). The molecule has 0 unspecified atom stereocenters. The lowest BCUT2D eigenvalue weighted by molar-refractivity contribution is -0.419. The Hall–Kier alpha value is -1.09. The molecule has 7 heteroatoms. The molecule has 3 aliphatic heterocycles. The quantitative estimate of drug-likeness (QED) is 0.386. The number of ether oxygens (including phenoxy) is 3. The van der Waals surface area contributed by atoms with Crippen LogP contribution in [0.5, 0.6) is 0 Å². The minimum atomic E-state index is -1.63. The monoisotopic (exact) mass is 486 g/mol. The van der Waals surface area contributed by atoms with Gasteiger partial charge in [-0.3, -0.25) is 4.79 Å². The van der Waals surface area contributed by atoms with Crippen LogP contribution < -0.4 is 0 Å². The zero-order valence-corrected chi connectivity index (χ0v) is 21.3. The first kappa shape index (κ1) is 23.1. The van der Waals surface area contributed by atoms with Crippen LogP contribution in [0.25, 0.3) is 0 Å². The highest BCUT2D eigenvalue weighted by molar-refractivity contribution is 5.98. The van der Waals surface area contributed by atoms with E-state index in [-0.39, 0.29) is 35.9 Å². The van der Waals surface area contributed by atoms with Gasteiger partial charge in [-0.25, -0.2) is 0 Å². The molecule has 7 nitrogen and oxygen atoms in total. The standard InChI is InChI=1S/C28H38O7/c1-14-20(21-25(4)26(5,35-25)22(30)33-21)34-28(32)13-18-16(17-11-12-27(14,31)24(17,28)3)10-9-15-7-6-8-19(29)23(15,18)2/h6,8-9,14,16-18,20-22,30-32H,7,10-13H2,1-5H3/t14-,16+,17+,18+,20+,21+,22+,23+,24+,25-,26+,27-,28+/m1/s1. The van der Waals surface area contributed by atoms with Crippen LogP contribution in [0.15, 0.2) is 23.8 Å². The molecule has 35 heavy (non-hydrogen) atoms. The normalized spacial score (nSPS) is 64.2. The Morgan fingerprint density at radius 1 is 1.09 bits per heavy atom. The summed E-state index contributed by atoms with van der Waals surface area (Å²) in [4.78, 5) is 13.3. The van der Waals surface area contributed by atoms with Crippen molar-refractivity contribution in [3.8, 4) is 0 Å². The van der Waals surface area contributed by atoms with Crippen LogP contribution in [-0.4, -0.2) is 62.2 Å². The lowest BCUT2D eigenvalue weighted by atomic mass is 9.43. The zero-order valence-electron chi connectivity index (χ0n) is 21.3. The number of aliphatic hydroxyl groups is 3. The molecule has 0 aromatic rings. The number of hydrogen-bond donors (Lipinski definition) is 3. The van der Waals surface area contributed by atoms with Crippen LogP contribution in [0.3, 0.4) is 0 Å². The number of carbonyl (C=O) groups excluding carboxylic acids is 1. The molecule has 5 fully saturated rings. The van der Waals surface area contributed by atoms with Gasteiger partial charge in [-0.2, -0.15) is 0 Å². The Bertz CT molecular complexity index is 1090. The third-order valence-corrected chi connectivity index (χ3v) is 12.5. The average Bonchev–Trinajstić information content (AvgIpc) is 3.17. The molecule has 0 aromatic heterocycles. The molecule has 7 aliphatic rings. The Morgan fingerprint density at radius 2 is 1.83 bits per heavy atom.